The molecule has 0 aromatic heterocycles. The van der Waals surface area contributed by atoms with E-state index in [1.54, 1.807) is 23.1 Å². The van der Waals surface area contributed by atoms with Crippen LogP contribution in [0.3, 0.4) is 0 Å². The molecule has 2 aromatic carbocycles. The van der Waals surface area contributed by atoms with E-state index >= 15 is 0 Å². The number of hydrogen-bond donors (Lipinski definition) is 2. The fraction of sp³-hybridized carbons (Fsp3) is 0.300. The number of benzene rings is 2. The van der Waals surface area contributed by atoms with Gasteiger partial charge in [0.2, 0.25) is 0 Å². The standard InChI is InChI=1S/C20H21Cl2N3O3/c21-17-7-6-16(11-18(17)22)28-13-19(26)23-12-14-4-3-5-15(10-14)24-20(27)25-8-1-2-9-25/h3-7,10-11H,1-2,8-9,12-13H2,(H,23,26)(H,24,27). The van der Waals surface area contributed by atoms with Gasteiger partial charge in [0.05, 0.1) is 10.0 Å². The smallest absolute Gasteiger partial charge is 0.321 e. The molecule has 28 heavy (non-hydrogen) atoms. The fourth-order valence-electron chi connectivity index (χ4n) is 2.85. The van der Waals surface area contributed by atoms with Gasteiger partial charge in [-0.3, -0.25) is 4.79 Å². The Balaban J connectivity index is 1.46. The van der Waals surface area contributed by atoms with E-state index in [-0.39, 0.29) is 18.5 Å². The third-order valence-electron chi connectivity index (χ3n) is 4.32. The van der Waals surface area contributed by atoms with Crippen molar-refractivity contribution in [3.8, 4) is 5.75 Å². The molecule has 0 unspecified atom stereocenters. The van der Waals surface area contributed by atoms with Crippen molar-refractivity contribution in [2.75, 3.05) is 25.0 Å². The lowest BCUT2D eigenvalue weighted by atomic mass is 10.2. The van der Waals surface area contributed by atoms with E-state index in [0.29, 0.717) is 28.0 Å². The monoisotopic (exact) mass is 421 g/mol. The molecular formula is C20H21Cl2N3O3. The summed E-state index contributed by atoms with van der Waals surface area (Å²) in [7, 11) is 0. The van der Waals surface area contributed by atoms with Crippen molar-refractivity contribution in [2.45, 2.75) is 19.4 Å². The van der Waals surface area contributed by atoms with Crippen molar-refractivity contribution in [2.24, 2.45) is 0 Å². The molecule has 1 aliphatic rings. The summed E-state index contributed by atoms with van der Waals surface area (Å²) >= 11 is 11.8. The first-order valence-corrected chi connectivity index (χ1v) is 9.76. The minimum Gasteiger partial charge on any atom is -0.484 e. The maximum absolute atomic E-state index is 12.2. The van der Waals surface area contributed by atoms with Crippen molar-refractivity contribution in [3.05, 3.63) is 58.1 Å². The number of likely N-dealkylation sites (tertiary alicyclic amines) is 1. The molecule has 3 rings (SSSR count). The third-order valence-corrected chi connectivity index (χ3v) is 5.06. The number of carbonyl (C=O) groups excluding carboxylic acids is 2. The molecule has 148 valence electrons. The minimum absolute atomic E-state index is 0.0892. The average molecular weight is 422 g/mol. The van der Waals surface area contributed by atoms with Crippen LogP contribution in [-0.4, -0.2) is 36.5 Å². The summed E-state index contributed by atoms with van der Waals surface area (Å²) in [5.41, 5.74) is 1.58. The van der Waals surface area contributed by atoms with E-state index in [4.69, 9.17) is 27.9 Å². The largest absolute Gasteiger partial charge is 0.484 e. The lowest BCUT2D eigenvalue weighted by molar-refractivity contribution is -0.123. The highest BCUT2D eigenvalue weighted by atomic mass is 35.5. The quantitative estimate of drug-likeness (QED) is 0.729. The van der Waals surface area contributed by atoms with E-state index < -0.39 is 0 Å². The maximum atomic E-state index is 12.2. The molecule has 3 amide bonds. The Morgan fingerprint density at radius 2 is 1.82 bits per heavy atom. The zero-order valence-electron chi connectivity index (χ0n) is 15.2. The minimum atomic E-state index is -0.266. The molecule has 6 nitrogen and oxygen atoms in total. The number of amides is 3. The molecule has 0 atom stereocenters. The molecule has 0 aliphatic carbocycles. The second kappa shape index (κ2) is 9.66. The number of hydrogen-bond acceptors (Lipinski definition) is 3. The van der Waals surface area contributed by atoms with Gasteiger partial charge in [0, 0.05) is 31.4 Å². The lowest BCUT2D eigenvalue weighted by Crippen LogP contribution is -2.32. The van der Waals surface area contributed by atoms with Gasteiger partial charge in [-0.05, 0) is 42.7 Å². The van der Waals surface area contributed by atoms with Crippen LogP contribution in [0.25, 0.3) is 0 Å². The number of carbonyl (C=O) groups is 2. The van der Waals surface area contributed by atoms with E-state index in [0.717, 1.165) is 31.5 Å². The predicted molar refractivity (Wildman–Crippen MR) is 110 cm³/mol. The summed E-state index contributed by atoms with van der Waals surface area (Å²) < 4.78 is 5.41. The highest BCUT2D eigenvalue weighted by Crippen LogP contribution is 2.26. The molecule has 2 aromatic rings. The van der Waals surface area contributed by atoms with Gasteiger partial charge in [-0.2, -0.15) is 0 Å². The molecule has 1 aliphatic heterocycles. The summed E-state index contributed by atoms with van der Waals surface area (Å²) in [6.45, 7) is 1.78. The van der Waals surface area contributed by atoms with Crippen LogP contribution in [0.4, 0.5) is 10.5 Å². The van der Waals surface area contributed by atoms with E-state index in [1.807, 2.05) is 24.3 Å². The number of anilines is 1. The first-order chi connectivity index (χ1) is 13.5. The van der Waals surface area contributed by atoms with Gasteiger partial charge in [0.15, 0.2) is 6.61 Å². The van der Waals surface area contributed by atoms with Gasteiger partial charge in [-0.1, -0.05) is 35.3 Å². The van der Waals surface area contributed by atoms with Crippen LogP contribution >= 0.6 is 23.2 Å². The summed E-state index contributed by atoms with van der Waals surface area (Å²) in [4.78, 5) is 26.0. The van der Waals surface area contributed by atoms with Crippen molar-refractivity contribution in [1.82, 2.24) is 10.2 Å². The zero-order valence-corrected chi connectivity index (χ0v) is 16.7. The average Bonchev–Trinajstić information content (AvgIpc) is 3.22. The van der Waals surface area contributed by atoms with Crippen LogP contribution in [0.2, 0.25) is 10.0 Å². The first-order valence-electron chi connectivity index (χ1n) is 9.01. The molecule has 0 bridgehead atoms. The van der Waals surface area contributed by atoms with E-state index in [9.17, 15) is 9.59 Å². The molecule has 2 N–H and O–H groups in total. The first kappa shape index (κ1) is 20.3. The van der Waals surface area contributed by atoms with Gasteiger partial charge in [0.25, 0.3) is 5.91 Å². The predicted octanol–water partition coefficient (Wildman–Crippen LogP) is 4.32. The second-order valence-corrected chi connectivity index (χ2v) is 7.28. The number of nitrogens with zero attached hydrogens (tertiary/aromatic N) is 1. The molecule has 1 fully saturated rings. The normalized spacial score (nSPS) is 13.3. The van der Waals surface area contributed by atoms with Gasteiger partial charge < -0.3 is 20.3 Å². The topological polar surface area (TPSA) is 70.7 Å². The Morgan fingerprint density at radius 3 is 2.57 bits per heavy atom. The Morgan fingerprint density at radius 1 is 1.04 bits per heavy atom. The van der Waals surface area contributed by atoms with Crippen LogP contribution in [0.15, 0.2) is 42.5 Å². The van der Waals surface area contributed by atoms with Crippen LogP contribution in [0.1, 0.15) is 18.4 Å². The molecule has 0 saturated carbocycles. The Hall–Kier alpha value is -2.44. The highest BCUT2D eigenvalue weighted by molar-refractivity contribution is 6.42. The lowest BCUT2D eigenvalue weighted by Gasteiger charge is -2.16. The summed E-state index contributed by atoms with van der Waals surface area (Å²) in [5, 5.41) is 6.47. The molecule has 0 radical (unpaired) electrons. The maximum Gasteiger partial charge on any atom is 0.321 e. The SMILES string of the molecule is O=C(COc1ccc(Cl)c(Cl)c1)NCc1cccc(NC(=O)N2CCCC2)c1. The van der Waals surface area contributed by atoms with Gasteiger partial charge in [0.1, 0.15) is 5.75 Å². The number of nitrogens with one attached hydrogen (secondary N) is 2. The Kier molecular flexibility index (Phi) is 7.01. The van der Waals surface area contributed by atoms with E-state index in [2.05, 4.69) is 10.6 Å². The second-order valence-electron chi connectivity index (χ2n) is 6.47. The summed E-state index contributed by atoms with van der Waals surface area (Å²) in [6, 6.07) is 12.1. The third kappa shape index (κ3) is 5.78. The van der Waals surface area contributed by atoms with Crippen LogP contribution in [0, 0.1) is 0 Å². The van der Waals surface area contributed by atoms with Crippen molar-refractivity contribution >= 4 is 40.8 Å². The van der Waals surface area contributed by atoms with Crippen molar-refractivity contribution in [3.63, 3.8) is 0 Å². The van der Waals surface area contributed by atoms with Gasteiger partial charge in [-0.25, -0.2) is 4.79 Å². The van der Waals surface area contributed by atoms with Crippen LogP contribution in [-0.2, 0) is 11.3 Å². The van der Waals surface area contributed by atoms with Crippen LogP contribution < -0.4 is 15.4 Å². The molecule has 8 heteroatoms. The number of ether oxygens (including phenoxy) is 1. The number of rotatable bonds is 6. The molecular weight excluding hydrogens is 401 g/mol. The molecule has 1 heterocycles. The Labute approximate surface area is 173 Å². The number of urea groups is 1. The highest BCUT2D eigenvalue weighted by Gasteiger charge is 2.17. The van der Waals surface area contributed by atoms with Gasteiger partial charge in [-0.15, -0.1) is 0 Å². The van der Waals surface area contributed by atoms with Crippen molar-refractivity contribution in [1.29, 1.82) is 0 Å². The fourth-order valence-corrected chi connectivity index (χ4v) is 3.14. The van der Waals surface area contributed by atoms with Crippen molar-refractivity contribution < 1.29 is 14.3 Å². The summed E-state index contributed by atoms with van der Waals surface area (Å²) in [5.74, 6) is 0.203. The number of halogens is 2. The molecule has 0 spiro atoms. The zero-order chi connectivity index (χ0) is 19.9. The summed E-state index contributed by atoms with van der Waals surface area (Å²) in [6.07, 6.45) is 2.09. The molecule has 1 saturated heterocycles. The van der Waals surface area contributed by atoms with Gasteiger partial charge >= 0.3 is 6.03 Å². The van der Waals surface area contributed by atoms with Crippen LogP contribution in [0.5, 0.6) is 5.75 Å². The van der Waals surface area contributed by atoms with E-state index in [1.165, 1.54) is 0 Å². The Bertz CT molecular complexity index is 854.